The lowest BCUT2D eigenvalue weighted by molar-refractivity contribution is 0.288. The Morgan fingerprint density at radius 1 is 1.29 bits per heavy atom. The molecule has 1 rings (SSSR count). The highest BCUT2D eigenvalue weighted by Crippen LogP contribution is 2.28. The van der Waals surface area contributed by atoms with Crippen LogP contribution >= 0.6 is 31.9 Å². The van der Waals surface area contributed by atoms with Crippen molar-refractivity contribution >= 4 is 31.9 Å². The lowest BCUT2D eigenvalue weighted by Crippen LogP contribution is -2.01. The van der Waals surface area contributed by atoms with E-state index in [2.05, 4.69) is 45.7 Å². The fourth-order valence-electron chi connectivity index (χ4n) is 0.992. The molecule has 0 saturated carbocycles. The number of halogens is 2. The molecule has 0 aliphatic heterocycles. The zero-order valence-corrected chi connectivity index (χ0v) is 11.6. The van der Waals surface area contributed by atoms with Crippen LogP contribution in [0.25, 0.3) is 0 Å². The van der Waals surface area contributed by atoms with Crippen LogP contribution in [0, 0.1) is 5.92 Å². The normalized spacial score (nSPS) is 10.6. The lowest BCUT2D eigenvalue weighted by atomic mass is 10.1. The summed E-state index contributed by atoms with van der Waals surface area (Å²) in [6.45, 7) is 5.16. The zero-order chi connectivity index (χ0) is 10.6. The van der Waals surface area contributed by atoms with Crippen LogP contribution in [0.2, 0.25) is 0 Å². The Kier molecular flexibility index (Phi) is 4.96. The summed E-state index contributed by atoms with van der Waals surface area (Å²) in [6, 6.07) is 5.94. The second-order valence-corrected chi connectivity index (χ2v) is 5.38. The van der Waals surface area contributed by atoms with Crippen LogP contribution in [0.15, 0.2) is 27.1 Å². The molecule has 0 aromatic heterocycles. The fourth-order valence-corrected chi connectivity index (χ4v) is 1.69. The predicted octanol–water partition coefficient (Wildman–Crippen LogP) is 4.64. The maximum absolute atomic E-state index is 5.65. The highest BCUT2D eigenvalue weighted by molar-refractivity contribution is 9.11. The van der Waals surface area contributed by atoms with E-state index < -0.39 is 0 Å². The molecule has 0 spiro atoms. The summed E-state index contributed by atoms with van der Waals surface area (Å²) in [5.41, 5.74) is 0. The molecule has 0 saturated heterocycles. The van der Waals surface area contributed by atoms with Crippen molar-refractivity contribution in [3.63, 3.8) is 0 Å². The van der Waals surface area contributed by atoms with Crippen LogP contribution in [0.5, 0.6) is 5.75 Å². The largest absolute Gasteiger partial charge is 0.492 e. The predicted molar refractivity (Wildman–Crippen MR) is 66.8 cm³/mol. The summed E-state index contributed by atoms with van der Waals surface area (Å²) in [5, 5.41) is 0. The summed E-state index contributed by atoms with van der Waals surface area (Å²) in [7, 11) is 0. The molecule has 14 heavy (non-hydrogen) atoms. The molecule has 0 radical (unpaired) electrons. The molecule has 0 bridgehead atoms. The third-order valence-corrected chi connectivity index (χ3v) is 2.99. The van der Waals surface area contributed by atoms with Crippen LogP contribution in [-0.2, 0) is 0 Å². The molecule has 0 aliphatic carbocycles. The Hall–Kier alpha value is -0.0200. The van der Waals surface area contributed by atoms with E-state index in [-0.39, 0.29) is 0 Å². The number of benzene rings is 1. The molecule has 0 heterocycles. The first-order valence-electron chi connectivity index (χ1n) is 4.67. The van der Waals surface area contributed by atoms with E-state index in [1.165, 1.54) is 0 Å². The van der Waals surface area contributed by atoms with Gasteiger partial charge in [0.15, 0.2) is 0 Å². The molecule has 0 unspecified atom stereocenters. The minimum absolute atomic E-state index is 0.681. The van der Waals surface area contributed by atoms with Gasteiger partial charge < -0.3 is 4.74 Å². The van der Waals surface area contributed by atoms with Crippen LogP contribution in [-0.4, -0.2) is 6.61 Å². The van der Waals surface area contributed by atoms with Crippen LogP contribution in [0.4, 0.5) is 0 Å². The number of hydrogen-bond acceptors (Lipinski definition) is 1. The molecule has 1 aromatic rings. The molecule has 78 valence electrons. The van der Waals surface area contributed by atoms with E-state index in [0.29, 0.717) is 5.92 Å². The lowest BCUT2D eigenvalue weighted by Gasteiger charge is -2.09. The van der Waals surface area contributed by atoms with Crippen molar-refractivity contribution in [2.45, 2.75) is 20.3 Å². The summed E-state index contributed by atoms with van der Waals surface area (Å²) in [5.74, 6) is 1.58. The minimum Gasteiger partial charge on any atom is -0.492 e. The third kappa shape index (κ3) is 4.01. The SMILES string of the molecule is CC(C)CCOc1cc(Br)ccc1Br. The van der Waals surface area contributed by atoms with E-state index in [1.54, 1.807) is 0 Å². The molecule has 0 atom stereocenters. The van der Waals surface area contributed by atoms with Crippen LogP contribution in [0.1, 0.15) is 20.3 Å². The van der Waals surface area contributed by atoms with Gasteiger partial charge in [-0.15, -0.1) is 0 Å². The Morgan fingerprint density at radius 2 is 2.00 bits per heavy atom. The van der Waals surface area contributed by atoms with Gasteiger partial charge in [0.1, 0.15) is 5.75 Å². The standard InChI is InChI=1S/C11H14Br2O/c1-8(2)5-6-14-11-7-9(12)3-4-10(11)13/h3-4,7-8H,5-6H2,1-2H3. The van der Waals surface area contributed by atoms with Crippen molar-refractivity contribution in [3.8, 4) is 5.75 Å². The Balaban J connectivity index is 2.53. The van der Waals surface area contributed by atoms with E-state index in [4.69, 9.17) is 4.74 Å². The molecular weight excluding hydrogens is 308 g/mol. The molecule has 0 aliphatic rings. The van der Waals surface area contributed by atoms with Crippen LogP contribution in [0.3, 0.4) is 0 Å². The summed E-state index contributed by atoms with van der Waals surface area (Å²) in [6.07, 6.45) is 1.08. The molecule has 0 fully saturated rings. The van der Waals surface area contributed by atoms with E-state index in [1.807, 2.05) is 18.2 Å². The third-order valence-electron chi connectivity index (χ3n) is 1.85. The highest BCUT2D eigenvalue weighted by Gasteiger charge is 2.02. The van der Waals surface area contributed by atoms with Crippen molar-refractivity contribution in [3.05, 3.63) is 27.1 Å². The maximum Gasteiger partial charge on any atom is 0.134 e. The number of ether oxygens (including phenoxy) is 1. The first kappa shape index (κ1) is 12.1. The first-order chi connectivity index (χ1) is 6.59. The zero-order valence-electron chi connectivity index (χ0n) is 8.39. The molecule has 1 aromatic carbocycles. The number of rotatable bonds is 4. The van der Waals surface area contributed by atoms with Gasteiger partial charge in [0.25, 0.3) is 0 Å². The molecule has 3 heteroatoms. The Bertz CT molecular complexity index is 297. The van der Waals surface area contributed by atoms with Gasteiger partial charge in [-0.1, -0.05) is 29.8 Å². The molecule has 1 nitrogen and oxygen atoms in total. The summed E-state index contributed by atoms with van der Waals surface area (Å²) >= 11 is 6.87. The molecule has 0 N–H and O–H groups in total. The van der Waals surface area contributed by atoms with E-state index in [9.17, 15) is 0 Å². The van der Waals surface area contributed by atoms with Gasteiger partial charge >= 0.3 is 0 Å². The van der Waals surface area contributed by atoms with E-state index in [0.717, 1.165) is 27.7 Å². The summed E-state index contributed by atoms with van der Waals surface area (Å²) < 4.78 is 7.70. The molecular formula is C11H14Br2O. The summed E-state index contributed by atoms with van der Waals surface area (Å²) in [4.78, 5) is 0. The smallest absolute Gasteiger partial charge is 0.134 e. The number of hydrogen-bond donors (Lipinski definition) is 0. The van der Waals surface area contributed by atoms with Crippen molar-refractivity contribution < 1.29 is 4.74 Å². The fraction of sp³-hybridized carbons (Fsp3) is 0.455. The van der Waals surface area contributed by atoms with Crippen LogP contribution < -0.4 is 4.74 Å². The van der Waals surface area contributed by atoms with Gasteiger partial charge in [-0.3, -0.25) is 0 Å². The maximum atomic E-state index is 5.65. The molecule has 0 amide bonds. The van der Waals surface area contributed by atoms with Gasteiger partial charge in [0.05, 0.1) is 11.1 Å². The van der Waals surface area contributed by atoms with Gasteiger partial charge in [0, 0.05) is 4.47 Å². The van der Waals surface area contributed by atoms with Crippen molar-refractivity contribution in [2.24, 2.45) is 5.92 Å². The van der Waals surface area contributed by atoms with Crippen molar-refractivity contribution in [1.29, 1.82) is 0 Å². The van der Waals surface area contributed by atoms with Gasteiger partial charge in [-0.2, -0.15) is 0 Å². The first-order valence-corrected chi connectivity index (χ1v) is 6.26. The quantitative estimate of drug-likeness (QED) is 0.785. The Morgan fingerprint density at radius 3 is 2.64 bits per heavy atom. The van der Waals surface area contributed by atoms with Crippen molar-refractivity contribution in [2.75, 3.05) is 6.61 Å². The average molecular weight is 322 g/mol. The average Bonchev–Trinajstić information content (AvgIpc) is 2.10. The van der Waals surface area contributed by atoms with Gasteiger partial charge in [-0.05, 0) is 46.5 Å². The second kappa shape index (κ2) is 5.76. The Labute approximate surface area is 102 Å². The monoisotopic (exact) mass is 320 g/mol. The highest BCUT2D eigenvalue weighted by atomic mass is 79.9. The second-order valence-electron chi connectivity index (χ2n) is 3.61. The van der Waals surface area contributed by atoms with Gasteiger partial charge in [0.2, 0.25) is 0 Å². The topological polar surface area (TPSA) is 9.23 Å². The minimum atomic E-state index is 0.681. The van der Waals surface area contributed by atoms with Crippen molar-refractivity contribution in [1.82, 2.24) is 0 Å². The van der Waals surface area contributed by atoms with Gasteiger partial charge in [-0.25, -0.2) is 0 Å². The van der Waals surface area contributed by atoms with E-state index >= 15 is 0 Å².